The lowest BCUT2D eigenvalue weighted by molar-refractivity contribution is 0.225. The minimum Gasteiger partial charge on any atom is -0.457 e. The minimum atomic E-state index is -0.692. The van der Waals surface area contributed by atoms with E-state index in [1.165, 1.54) is 0 Å². The molecule has 31 heavy (non-hydrogen) atoms. The lowest BCUT2D eigenvalue weighted by atomic mass is 9.87. The molecular formula is C23H21F2N5O. The zero-order valence-electron chi connectivity index (χ0n) is 16.8. The van der Waals surface area contributed by atoms with Crippen molar-refractivity contribution in [3.8, 4) is 22.8 Å². The van der Waals surface area contributed by atoms with Crippen LogP contribution in [-0.2, 0) is 0 Å². The Morgan fingerprint density at radius 1 is 1.03 bits per heavy atom. The van der Waals surface area contributed by atoms with Crippen molar-refractivity contribution < 1.29 is 13.5 Å². The molecule has 0 radical (unpaired) electrons. The smallest absolute Gasteiger partial charge is 0.135 e. The molecule has 2 aromatic heterocycles. The second-order valence-corrected chi connectivity index (χ2v) is 7.73. The molecule has 0 aliphatic heterocycles. The number of halogens is 2. The molecule has 2 aromatic carbocycles. The van der Waals surface area contributed by atoms with E-state index in [0.717, 1.165) is 53.2 Å². The first kappa shape index (κ1) is 19.4. The highest BCUT2D eigenvalue weighted by Crippen LogP contribution is 2.39. The summed E-state index contributed by atoms with van der Waals surface area (Å²) in [6.45, 7) is 0. The van der Waals surface area contributed by atoms with Gasteiger partial charge in [-0.2, -0.15) is 5.10 Å². The molecule has 0 unspecified atom stereocenters. The molecule has 0 atom stereocenters. The summed E-state index contributed by atoms with van der Waals surface area (Å²) in [6, 6.07) is 13.0. The summed E-state index contributed by atoms with van der Waals surface area (Å²) in [7, 11) is 1.97. The van der Waals surface area contributed by atoms with E-state index in [-0.39, 0.29) is 5.75 Å². The third-order valence-corrected chi connectivity index (χ3v) is 5.72. The van der Waals surface area contributed by atoms with Gasteiger partial charge in [0, 0.05) is 36.0 Å². The van der Waals surface area contributed by atoms with E-state index in [1.54, 1.807) is 18.3 Å². The topological polar surface area (TPSA) is 78.0 Å². The lowest BCUT2D eigenvalue weighted by Gasteiger charge is -2.35. The zero-order valence-corrected chi connectivity index (χ0v) is 16.8. The summed E-state index contributed by atoms with van der Waals surface area (Å²) >= 11 is 0. The van der Waals surface area contributed by atoms with Crippen molar-refractivity contribution in [2.24, 2.45) is 0 Å². The fourth-order valence-corrected chi connectivity index (χ4v) is 4.02. The van der Waals surface area contributed by atoms with Gasteiger partial charge in [0.15, 0.2) is 0 Å². The molecular weight excluding hydrogens is 400 g/mol. The summed E-state index contributed by atoms with van der Waals surface area (Å²) < 4.78 is 34.4. The number of nitrogens with zero attached hydrogens (tertiary/aromatic N) is 3. The van der Waals surface area contributed by atoms with Crippen LogP contribution in [0.4, 0.5) is 14.6 Å². The van der Waals surface area contributed by atoms with E-state index >= 15 is 0 Å². The van der Waals surface area contributed by atoms with Gasteiger partial charge < -0.3 is 15.8 Å². The lowest BCUT2D eigenvalue weighted by Crippen LogP contribution is -2.40. The van der Waals surface area contributed by atoms with Crippen molar-refractivity contribution in [3.05, 3.63) is 66.4 Å². The normalized spacial score (nSPS) is 18.2. The molecule has 1 saturated carbocycles. The molecule has 1 aliphatic rings. The molecule has 0 spiro atoms. The predicted octanol–water partition coefficient (Wildman–Crippen LogP) is 4.67. The molecule has 0 bridgehead atoms. The van der Waals surface area contributed by atoms with Crippen LogP contribution in [0, 0.1) is 11.6 Å². The number of rotatable bonds is 5. The monoisotopic (exact) mass is 421 g/mol. The molecule has 2 heterocycles. The molecule has 158 valence electrons. The van der Waals surface area contributed by atoms with Crippen molar-refractivity contribution in [1.29, 1.82) is 0 Å². The van der Waals surface area contributed by atoms with Crippen LogP contribution >= 0.6 is 0 Å². The van der Waals surface area contributed by atoms with Crippen LogP contribution in [0.25, 0.3) is 22.2 Å². The standard InChI is InChI=1S/C23H21F2N5O/c1-27-16-11-17(12-16)30-20-6-7-28-23(26)21(20)22(29-30)13-2-4-18(5-3-13)31-19-9-14(24)8-15(25)10-19/h2-10,16-17,27H,11-12H2,1H3,(H2,26,28). The van der Waals surface area contributed by atoms with Crippen LogP contribution in [0.1, 0.15) is 18.9 Å². The third kappa shape index (κ3) is 3.59. The van der Waals surface area contributed by atoms with E-state index in [4.69, 9.17) is 15.6 Å². The van der Waals surface area contributed by atoms with Crippen LogP contribution in [0.5, 0.6) is 11.5 Å². The summed E-state index contributed by atoms with van der Waals surface area (Å²) in [5.74, 6) is -0.401. The third-order valence-electron chi connectivity index (χ3n) is 5.72. The second-order valence-electron chi connectivity index (χ2n) is 7.73. The van der Waals surface area contributed by atoms with Crippen LogP contribution < -0.4 is 15.8 Å². The Bertz CT molecular complexity index is 1230. The Kier molecular flexibility index (Phi) is 4.78. The Balaban J connectivity index is 1.48. The quantitative estimate of drug-likeness (QED) is 0.490. The van der Waals surface area contributed by atoms with Gasteiger partial charge in [-0.1, -0.05) is 0 Å². The van der Waals surface area contributed by atoms with Crippen molar-refractivity contribution >= 4 is 16.7 Å². The van der Waals surface area contributed by atoms with Gasteiger partial charge in [0.25, 0.3) is 0 Å². The molecule has 0 amide bonds. The Hall–Kier alpha value is -3.52. The predicted molar refractivity (Wildman–Crippen MR) is 115 cm³/mol. The van der Waals surface area contributed by atoms with Gasteiger partial charge in [-0.3, -0.25) is 4.68 Å². The van der Waals surface area contributed by atoms with Gasteiger partial charge in [0.2, 0.25) is 0 Å². The van der Waals surface area contributed by atoms with Crippen LogP contribution in [-0.4, -0.2) is 27.9 Å². The number of nitrogens with two attached hydrogens (primary N) is 1. The van der Waals surface area contributed by atoms with E-state index in [1.807, 2.05) is 29.9 Å². The van der Waals surface area contributed by atoms with Gasteiger partial charge in [0.05, 0.1) is 16.9 Å². The maximum atomic E-state index is 13.4. The highest BCUT2D eigenvalue weighted by molar-refractivity contribution is 6.00. The fraction of sp³-hybridized carbons (Fsp3) is 0.217. The van der Waals surface area contributed by atoms with Gasteiger partial charge >= 0.3 is 0 Å². The molecule has 1 aliphatic carbocycles. The summed E-state index contributed by atoms with van der Waals surface area (Å²) in [5.41, 5.74) is 8.76. The van der Waals surface area contributed by atoms with E-state index in [2.05, 4.69) is 10.3 Å². The zero-order chi connectivity index (χ0) is 21.5. The first-order valence-electron chi connectivity index (χ1n) is 10.1. The van der Waals surface area contributed by atoms with E-state index in [0.29, 0.717) is 23.7 Å². The van der Waals surface area contributed by atoms with Crippen molar-refractivity contribution in [3.63, 3.8) is 0 Å². The Morgan fingerprint density at radius 2 is 1.74 bits per heavy atom. The molecule has 6 nitrogen and oxygen atoms in total. The molecule has 4 aromatic rings. The summed E-state index contributed by atoms with van der Waals surface area (Å²) in [6.07, 6.45) is 3.71. The van der Waals surface area contributed by atoms with E-state index in [9.17, 15) is 8.78 Å². The summed E-state index contributed by atoms with van der Waals surface area (Å²) in [4.78, 5) is 4.25. The molecule has 1 fully saturated rings. The highest BCUT2D eigenvalue weighted by atomic mass is 19.1. The first-order chi connectivity index (χ1) is 15.0. The molecule has 0 saturated heterocycles. The minimum absolute atomic E-state index is 0.0949. The van der Waals surface area contributed by atoms with Crippen molar-refractivity contribution in [2.75, 3.05) is 12.8 Å². The van der Waals surface area contributed by atoms with Gasteiger partial charge in [0.1, 0.15) is 34.6 Å². The SMILES string of the molecule is CNC1CC(n2nc(-c3ccc(Oc4cc(F)cc(F)c4)cc3)c3c(N)nccc32)C1. The second kappa shape index (κ2) is 7.63. The number of nitrogen functional groups attached to an aromatic ring is 1. The number of anilines is 1. The molecule has 5 rings (SSSR count). The van der Waals surface area contributed by atoms with E-state index < -0.39 is 11.6 Å². The maximum absolute atomic E-state index is 13.4. The number of aromatic nitrogens is 3. The first-order valence-corrected chi connectivity index (χ1v) is 10.1. The van der Waals surface area contributed by atoms with Crippen LogP contribution in [0.15, 0.2) is 54.7 Å². The Labute approximate surface area is 177 Å². The molecule has 3 N–H and O–H groups in total. The van der Waals surface area contributed by atoms with Crippen molar-refractivity contribution in [2.45, 2.75) is 24.9 Å². The fourth-order valence-electron chi connectivity index (χ4n) is 4.02. The average Bonchev–Trinajstić information content (AvgIpc) is 3.08. The molecule has 8 heteroatoms. The number of ether oxygens (including phenoxy) is 1. The largest absolute Gasteiger partial charge is 0.457 e. The van der Waals surface area contributed by atoms with Crippen molar-refractivity contribution in [1.82, 2.24) is 20.1 Å². The highest BCUT2D eigenvalue weighted by Gasteiger charge is 2.32. The van der Waals surface area contributed by atoms with Crippen LogP contribution in [0.3, 0.4) is 0 Å². The van der Waals surface area contributed by atoms with Crippen LogP contribution in [0.2, 0.25) is 0 Å². The number of benzene rings is 2. The average molecular weight is 421 g/mol. The number of hydrogen-bond acceptors (Lipinski definition) is 5. The number of nitrogens with one attached hydrogen (secondary N) is 1. The number of hydrogen-bond donors (Lipinski definition) is 2. The maximum Gasteiger partial charge on any atom is 0.135 e. The van der Waals surface area contributed by atoms with Gasteiger partial charge in [-0.05, 0) is 50.2 Å². The summed E-state index contributed by atoms with van der Waals surface area (Å²) in [5, 5.41) is 8.99. The van der Waals surface area contributed by atoms with Gasteiger partial charge in [-0.25, -0.2) is 13.8 Å². The Morgan fingerprint density at radius 3 is 2.42 bits per heavy atom. The number of pyridine rings is 1. The number of fused-ring (bicyclic) bond motifs is 1. The van der Waals surface area contributed by atoms with Gasteiger partial charge in [-0.15, -0.1) is 0 Å².